The molecule has 102 valence electrons. The third-order valence-electron chi connectivity index (χ3n) is 2.74. The predicted octanol–water partition coefficient (Wildman–Crippen LogP) is 1.03. The van der Waals surface area contributed by atoms with E-state index in [2.05, 4.69) is 10.3 Å². The number of hydrogen-bond acceptors (Lipinski definition) is 3. The van der Waals surface area contributed by atoms with Gasteiger partial charge in [0.2, 0.25) is 0 Å². The molecule has 2 amide bonds. The minimum absolute atomic E-state index is 0.0325. The summed E-state index contributed by atoms with van der Waals surface area (Å²) in [5.74, 6) is -1.25. The van der Waals surface area contributed by atoms with E-state index in [1.165, 1.54) is 18.3 Å². The first kappa shape index (κ1) is 13.5. The van der Waals surface area contributed by atoms with E-state index >= 15 is 0 Å². The van der Waals surface area contributed by atoms with Crippen LogP contribution in [0.3, 0.4) is 0 Å². The Hall–Kier alpha value is -2.89. The van der Waals surface area contributed by atoms with Crippen molar-refractivity contribution in [2.24, 2.45) is 5.73 Å². The maximum absolute atomic E-state index is 12.0. The van der Waals surface area contributed by atoms with Gasteiger partial charge < -0.3 is 16.0 Å². The molecular formula is C14H13N3O3. The first-order chi connectivity index (χ1) is 9.49. The highest BCUT2D eigenvalue weighted by atomic mass is 16.2. The van der Waals surface area contributed by atoms with E-state index < -0.39 is 17.2 Å². The fraction of sp³-hybridized carbons (Fsp3) is 0.0714. The topological polar surface area (TPSA) is 105 Å². The Morgan fingerprint density at radius 3 is 2.55 bits per heavy atom. The first-order valence-corrected chi connectivity index (χ1v) is 5.88. The van der Waals surface area contributed by atoms with Crippen molar-refractivity contribution in [3.05, 3.63) is 63.6 Å². The Kier molecular flexibility index (Phi) is 3.65. The molecule has 0 aliphatic heterocycles. The quantitative estimate of drug-likeness (QED) is 0.776. The fourth-order valence-electron chi connectivity index (χ4n) is 1.75. The van der Waals surface area contributed by atoms with Gasteiger partial charge in [-0.25, -0.2) is 0 Å². The zero-order valence-corrected chi connectivity index (χ0v) is 10.8. The van der Waals surface area contributed by atoms with Crippen LogP contribution in [0.5, 0.6) is 0 Å². The lowest BCUT2D eigenvalue weighted by molar-refractivity contribution is 0.100. The van der Waals surface area contributed by atoms with Gasteiger partial charge in [-0.05, 0) is 19.1 Å². The normalized spacial score (nSPS) is 10.1. The van der Waals surface area contributed by atoms with Gasteiger partial charge in [0, 0.05) is 18.0 Å². The highest BCUT2D eigenvalue weighted by Crippen LogP contribution is 2.14. The number of pyridine rings is 1. The van der Waals surface area contributed by atoms with Crippen molar-refractivity contribution in [1.29, 1.82) is 0 Å². The fourth-order valence-corrected chi connectivity index (χ4v) is 1.75. The van der Waals surface area contributed by atoms with Crippen LogP contribution in [-0.2, 0) is 0 Å². The van der Waals surface area contributed by atoms with Crippen LogP contribution in [0.4, 0.5) is 5.69 Å². The Labute approximate surface area is 114 Å². The summed E-state index contributed by atoms with van der Waals surface area (Å²) in [6.07, 6.45) is 1.33. The summed E-state index contributed by atoms with van der Waals surface area (Å²) in [5.41, 5.74) is 5.90. The lowest BCUT2D eigenvalue weighted by atomic mass is 10.1. The van der Waals surface area contributed by atoms with Gasteiger partial charge in [0.15, 0.2) is 5.43 Å². The van der Waals surface area contributed by atoms with Crippen molar-refractivity contribution in [1.82, 2.24) is 4.98 Å². The van der Waals surface area contributed by atoms with Crippen LogP contribution in [0, 0.1) is 6.92 Å². The number of aryl methyl sites for hydroxylation is 1. The molecule has 0 atom stereocenters. The Morgan fingerprint density at radius 2 is 1.90 bits per heavy atom. The van der Waals surface area contributed by atoms with E-state index in [9.17, 15) is 14.4 Å². The highest BCUT2D eigenvalue weighted by Gasteiger charge is 2.14. The minimum Gasteiger partial charge on any atom is -0.366 e. The molecular weight excluding hydrogens is 258 g/mol. The predicted molar refractivity (Wildman–Crippen MR) is 74.7 cm³/mol. The van der Waals surface area contributed by atoms with Crippen LogP contribution >= 0.6 is 0 Å². The average molecular weight is 271 g/mol. The molecule has 2 rings (SSSR count). The average Bonchev–Trinajstić information content (AvgIpc) is 2.38. The lowest BCUT2D eigenvalue weighted by Gasteiger charge is -2.08. The monoisotopic (exact) mass is 271 g/mol. The van der Waals surface area contributed by atoms with Crippen molar-refractivity contribution in [3.8, 4) is 0 Å². The van der Waals surface area contributed by atoms with Gasteiger partial charge in [0.1, 0.15) is 5.56 Å². The lowest BCUT2D eigenvalue weighted by Crippen LogP contribution is -2.23. The zero-order valence-electron chi connectivity index (χ0n) is 10.8. The van der Waals surface area contributed by atoms with Crippen molar-refractivity contribution >= 4 is 17.5 Å². The molecule has 0 aliphatic carbocycles. The SMILES string of the molecule is Cc1cc(=O)c(C(=O)Nc2ccccc2C(N)=O)c[nH]1. The Balaban J connectivity index is 2.33. The van der Waals surface area contributed by atoms with E-state index in [0.717, 1.165) is 0 Å². The number of hydrogen-bond donors (Lipinski definition) is 3. The molecule has 0 fully saturated rings. The molecule has 0 aliphatic rings. The van der Waals surface area contributed by atoms with E-state index in [-0.39, 0.29) is 16.8 Å². The molecule has 0 unspecified atom stereocenters. The van der Waals surface area contributed by atoms with Crippen molar-refractivity contribution in [2.45, 2.75) is 6.92 Å². The molecule has 1 heterocycles. The molecule has 4 N–H and O–H groups in total. The summed E-state index contributed by atoms with van der Waals surface area (Å²) in [7, 11) is 0. The Bertz CT molecular complexity index is 734. The molecule has 1 aromatic heterocycles. The van der Waals surface area contributed by atoms with Gasteiger partial charge in [-0.3, -0.25) is 14.4 Å². The number of aromatic amines is 1. The van der Waals surface area contributed by atoms with E-state index in [1.54, 1.807) is 25.1 Å². The zero-order chi connectivity index (χ0) is 14.7. The maximum Gasteiger partial charge on any atom is 0.261 e. The summed E-state index contributed by atoms with van der Waals surface area (Å²) in [6, 6.07) is 7.66. The molecule has 0 spiro atoms. The van der Waals surface area contributed by atoms with Crippen LogP contribution in [0.25, 0.3) is 0 Å². The van der Waals surface area contributed by atoms with Crippen LogP contribution < -0.4 is 16.5 Å². The number of nitrogens with two attached hydrogens (primary N) is 1. The second-order valence-electron chi connectivity index (χ2n) is 4.26. The number of carbonyl (C=O) groups excluding carboxylic acids is 2. The second-order valence-corrected chi connectivity index (χ2v) is 4.26. The number of primary amides is 1. The number of para-hydroxylation sites is 1. The first-order valence-electron chi connectivity index (χ1n) is 5.88. The van der Waals surface area contributed by atoms with Gasteiger partial charge >= 0.3 is 0 Å². The molecule has 0 radical (unpaired) electrons. The molecule has 0 saturated heterocycles. The van der Waals surface area contributed by atoms with Crippen LogP contribution in [0.15, 0.2) is 41.3 Å². The summed E-state index contributed by atoms with van der Waals surface area (Å²) < 4.78 is 0. The van der Waals surface area contributed by atoms with Gasteiger partial charge in [-0.15, -0.1) is 0 Å². The summed E-state index contributed by atoms with van der Waals surface area (Å²) in [5, 5.41) is 2.51. The van der Waals surface area contributed by atoms with Gasteiger partial charge in [0.25, 0.3) is 11.8 Å². The maximum atomic E-state index is 12.0. The number of aromatic nitrogens is 1. The molecule has 6 heteroatoms. The molecule has 0 bridgehead atoms. The van der Waals surface area contributed by atoms with Gasteiger partial charge in [0.05, 0.1) is 11.3 Å². The summed E-state index contributed by atoms with van der Waals surface area (Å²) in [4.78, 5) is 37.8. The number of amides is 2. The third-order valence-corrected chi connectivity index (χ3v) is 2.74. The van der Waals surface area contributed by atoms with Crippen molar-refractivity contribution in [2.75, 3.05) is 5.32 Å². The number of benzene rings is 1. The van der Waals surface area contributed by atoms with Gasteiger partial charge in [-0.2, -0.15) is 0 Å². The minimum atomic E-state index is -0.654. The third kappa shape index (κ3) is 2.74. The summed E-state index contributed by atoms with van der Waals surface area (Å²) in [6.45, 7) is 1.71. The molecule has 0 saturated carbocycles. The number of nitrogens with one attached hydrogen (secondary N) is 2. The van der Waals surface area contributed by atoms with Crippen molar-refractivity contribution in [3.63, 3.8) is 0 Å². The standard InChI is InChI=1S/C14H13N3O3/c1-8-6-12(18)10(7-16-8)14(20)17-11-5-3-2-4-9(11)13(15)19/h2-7H,1H3,(H2,15,19)(H,16,18)(H,17,20). The van der Waals surface area contributed by atoms with Gasteiger partial charge in [-0.1, -0.05) is 12.1 Å². The largest absolute Gasteiger partial charge is 0.366 e. The summed E-state index contributed by atoms with van der Waals surface area (Å²) >= 11 is 0. The second kappa shape index (κ2) is 5.40. The molecule has 1 aromatic carbocycles. The highest BCUT2D eigenvalue weighted by molar-refractivity contribution is 6.08. The number of H-pyrrole nitrogens is 1. The van der Waals surface area contributed by atoms with E-state index in [4.69, 9.17) is 5.73 Å². The smallest absolute Gasteiger partial charge is 0.261 e. The van der Waals surface area contributed by atoms with E-state index in [1.807, 2.05) is 0 Å². The van der Waals surface area contributed by atoms with Crippen LogP contribution in [-0.4, -0.2) is 16.8 Å². The number of rotatable bonds is 3. The number of carbonyl (C=O) groups is 2. The Morgan fingerprint density at radius 1 is 1.20 bits per heavy atom. The number of anilines is 1. The molecule has 20 heavy (non-hydrogen) atoms. The molecule has 2 aromatic rings. The van der Waals surface area contributed by atoms with Crippen LogP contribution in [0.2, 0.25) is 0 Å². The van der Waals surface area contributed by atoms with E-state index in [0.29, 0.717) is 5.69 Å². The molecule has 6 nitrogen and oxygen atoms in total. The van der Waals surface area contributed by atoms with Crippen molar-refractivity contribution < 1.29 is 9.59 Å². The van der Waals surface area contributed by atoms with Crippen LogP contribution in [0.1, 0.15) is 26.4 Å².